The van der Waals surface area contributed by atoms with Crippen LogP contribution in [0.4, 0.5) is 4.39 Å². The van der Waals surface area contributed by atoms with Crippen molar-refractivity contribution in [3.63, 3.8) is 0 Å². The van der Waals surface area contributed by atoms with Gasteiger partial charge in [0.25, 0.3) is 5.91 Å². The lowest BCUT2D eigenvalue weighted by Gasteiger charge is -2.11. The highest BCUT2D eigenvalue weighted by atomic mass is 19.1. The zero-order chi connectivity index (χ0) is 19.2. The number of amides is 1. The maximum Gasteiger partial charge on any atom is 0.256 e. The van der Waals surface area contributed by atoms with Gasteiger partial charge in [-0.3, -0.25) is 4.79 Å². The van der Waals surface area contributed by atoms with Crippen molar-refractivity contribution in [1.82, 2.24) is 19.7 Å². The third-order valence-electron chi connectivity index (χ3n) is 3.97. The van der Waals surface area contributed by atoms with Crippen LogP contribution in [0.2, 0.25) is 0 Å². The Morgan fingerprint density at radius 2 is 1.93 bits per heavy atom. The highest BCUT2D eigenvalue weighted by Gasteiger charge is 2.19. The summed E-state index contributed by atoms with van der Waals surface area (Å²) in [5, 5.41) is 7.25. The topological polar surface area (TPSA) is 61.1 Å². The van der Waals surface area contributed by atoms with E-state index < -0.39 is 0 Å². The van der Waals surface area contributed by atoms with Crippen LogP contribution in [-0.4, -0.2) is 39.5 Å². The SMILES string of the molecule is CC(C)OCCCNC(=O)c1cnn(-c2ccc(F)cc2)c1-n1cccc1. The van der Waals surface area contributed by atoms with Crippen LogP contribution >= 0.6 is 0 Å². The molecule has 1 amide bonds. The second-order valence-electron chi connectivity index (χ2n) is 6.39. The van der Waals surface area contributed by atoms with Crippen molar-refractivity contribution in [3.8, 4) is 11.5 Å². The molecule has 0 aliphatic rings. The number of nitrogens with zero attached hydrogens (tertiary/aromatic N) is 3. The highest BCUT2D eigenvalue weighted by molar-refractivity contribution is 5.97. The lowest BCUT2D eigenvalue weighted by atomic mass is 10.2. The number of rotatable bonds is 8. The summed E-state index contributed by atoms with van der Waals surface area (Å²) in [5.41, 5.74) is 1.12. The summed E-state index contributed by atoms with van der Waals surface area (Å²) in [6.45, 7) is 5.06. The molecule has 2 heterocycles. The first-order valence-electron chi connectivity index (χ1n) is 8.93. The summed E-state index contributed by atoms with van der Waals surface area (Å²) in [6.07, 6.45) is 6.11. The molecule has 0 aliphatic heterocycles. The normalized spacial score (nSPS) is 11.1. The van der Waals surface area contributed by atoms with E-state index in [4.69, 9.17) is 4.74 Å². The largest absolute Gasteiger partial charge is 0.379 e. The molecule has 0 fully saturated rings. The minimum atomic E-state index is -0.324. The van der Waals surface area contributed by atoms with Crippen LogP contribution < -0.4 is 5.32 Å². The van der Waals surface area contributed by atoms with Gasteiger partial charge in [0, 0.05) is 25.5 Å². The van der Waals surface area contributed by atoms with E-state index in [1.54, 1.807) is 16.8 Å². The molecule has 0 spiro atoms. The molecule has 0 bridgehead atoms. The summed E-state index contributed by atoms with van der Waals surface area (Å²) in [7, 11) is 0. The molecule has 0 atom stereocenters. The van der Waals surface area contributed by atoms with Gasteiger partial charge in [0.1, 0.15) is 11.4 Å². The summed E-state index contributed by atoms with van der Waals surface area (Å²) in [5.74, 6) is 0.0640. The van der Waals surface area contributed by atoms with Crippen molar-refractivity contribution in [2.45, 2.75) is 26.4 Å². The van der Waals surface area contributed by atoms with Gasteiger partial charge in [0.2, 0.25) is 0 Å². The van der Waals surface area contributed by atoms with Gasteiger partial charge in [-0.1, -0.05) is 0 Å². The Balaban J connectivity index is 1.81. The molecule has 1 N–H and O–H groups in total. The molecule has 3 rings (SSSR count). The van der Waals surface area contributed by atoms with Crippen molar-refractivity contribution < 1.29 is 13.9 Å². The smallest absolute Gasteiger partial charge is 0.256 e. The van der Waals surface area contributed by atoms with Crippen molar-refractivity contribution in [3.05, 3.63) is 66.4 Å². The molecule has 0 aliphatic carbocycles. The Morgan fingerprint density at radius 3 is 2.59 bits per heavy atom. The number of aromatic nitrogens is 3. The van der Waals surface area contributed by atoms with Crippen LogP contribution in [0, 0.1) is 5.82 Å². The predicted molar refractivity (Wildman–Crippen MR) is 101 cm³/mol. The van der Waals surface area contributed by atoms with Gasteiger partial charge in [0.15, 0.2) is 5.82 Å². The summed E-state index contributed by atoms with van der Waals surface area (Å²) in [6, 6.07) is 9.72. The van der Waals surface area contributed by atoms with Crippen LogP contribution in [0.15, 0.2) is 55.0 Å². The molecule has 3 aromatic rings. The van der Waals surface area contributed by atoms with Gasteiger partial charge in [-0.15, -0.1) is 0 Å². The van der Waals surface area contributed by atoms with Gasteiger partial charge in [0.05, 0.1) is 18.0 Å². The molecule has 1 aromatic carbocycles. The maximum absolute atomic E-state index is 13.3. The standard InChI is InChI=1S/C20H23FN4O2/c1-15(2)27-13-5-10-22-19(26)18-14-23-25(17-8-6-16(21)7-9-17)20(18)24-11-3-4-12-24/h3-4,6-9,11-12,14-15H,5,10,13H2,1-2H3,(H,22,26). The third kappa shape index (κ3) is 4.62. The van der Waals surface area contributed by atoms with E-state index in [1.165, 1.54) is 18.3 Å². The number of hydrogen-bond acceptors (Lipinski definition) is 3. The van der Waals surface area contributed by atoms with Gasteiger partial charge in [-0.05, 0) is 56.7 Å². The molecular weight excluding hydrogens is 347 g/mol. The van der Waals surface area contributed by atoms with Crippen molar-refractivity contribution in [2.75, 3.05) is 13.2 Å². The average Bonchev–Trinajstić information content (AvgIpc) is 3.31. The Kier molecular flexibility index (Phi) is 6.03. The first-order valence-corrected chi connectivity index (χ1v) is 8.93. The summed E-state index contributed by atoms with van der Waals surface area (Å²) in [4.78, 5) is 12.7. The monoisotopic (exact) mass is 370 g/mol. The number of nitrogens with one attached hydrogen (secondary N) is 1. The molecule has 7 heteroatoms. The first kappa shape index (κ1) is 18.8. The Hall–Kier alpha value is -2.93. The number of halogens is 1. The Labute approximate surface area is 157 Å². The van der Waals surface area contributed by atoms with Gasteiger partial charge >= 0.3 is 0 Å². The first-order chi connectivity index (χ1) is 13.1. The van der Waals surface area contributed by atoms with E-state index in [9.17, 15) is 9.18 Å². The van der Waals surface area contributed by atoms with E-state index in [0.29, 0.717) is 30.2 Å². The van der Waals surface area contributed by atoms with Crippen LogP contribution in [0.1, 0.15) is 30.6 Å². The maximum atomic E-state index is 13.3. The fourth-order valence-electron chi connectivity index (χ4n) is 2.69. The molecule has 0 saturated carbocycles. The highest BCUT2D eigenvalue weighted by Crippen LogP contribution is 2.20. The molecule has 0 radical (unpaired) electrons. The van der Waals surface area contributed by atoms with Crippen LogP contribution in [0.25, 0.3) is 11.5 Å². The van der Waals surface area contributed by atoms with E-state index in [2.05, 4.69) is 10.4 Å². The minimum Gasteiger partial charge on any atom is -0.379 e. The molecular formula is C20H23FN4O2. The number of carbonyl (C=O) groups is 1. The minimum absolute atomic E-state index is 0.176. The summed E-state index contributed by atoms with van der Waals surface area (Å²) < 4.78 is 22.2. The quantitative estimate of drug-likeness (QED) is 0.619. The van der Waals surface area contributed by atoms with E-state index in [0.717, 1.165) is 6.42 Å². The molecule has 0 saturated heterocycles. The van der Waals surface area contributed by atoms with Crippen molar-refractivity contribution in [2.24, 2.45) is 0 Å². The van der Waals surface area contributed by atoms with Crippen LogP contribution in [0.5, 0.6) is 0 Å². The number of benzene rings is 1. The van der Waals surface area contributed by atoms with Crippen molar-refractivity contribution >= 4 is 5.91 Å². The third-order valence-corrected chi connectivity index (χ3v) is 3.97. The average molecular weight is 370 g/mol. The van der Waals surface area contributed by atoms with Crippen LogP contribution in [0.3, 0.4) is 0 Å². The Bertz CT molecular complexity index is 870. The van der Waals surface area contributed by atoms with Gasteiger partial charge in [-0.25, -0.2) is 9.07 Å². The predicted octanol–water partition coefficient (Wildman–Crippen LogP) is 3.35. The summed E-state index contributed by atoms with van der Waals surface area (Å²) >= 11 is 0. The molecule has 2 aromatic heterocycles. The molecule has 142 valence electrons. The van der Waals surface area contributed by atoms with Crippen molar-refractivity contribution in [1.29, 1.82) is 0 Å². The number of hydrogen-bond donors (Lipinski definition) is 1. The van der Waals surface area contributed by atoms with Crippen LogP contribution in [-0.2, 0) is 4.74 Å². The fraction of sp³-hybridized carbons (Fsp3) is 0.300. The van der Waals surface area contributed by atoms with E-state index >= 15 is 0 Å². The molecule has 27 heavy (non-hydrogen) atoms. The van der Waals surface area contributed by atoms with E-state index in [1.807, 2.05) is 42.9 Å². The zero-order valence-corrected chi connectivity index (χ0v) is 15.4. The fourth-order valence-corrected chi connectivity index (χ4v) is 2.69. The zero-order valence-electron chi connectivity index (χ0n) is 15.4. The second-order valence-corrected chi connectivity index (χ2v) is 6.39. The van der Waals surface area contributed by atoms with Gasteiger partial charge < -0.3 is 14.6 Å². The molecule has 6 nitrogen and oxygen atoms in total. The number of ether oxygens (including phenoxy) is 1. The van der Waals surface area contributed by atoms with Gasteiger partial charge in [-0.2, -0.15) is 5.10 Å². The van der Waals surface area contributed by atoms with E-state index in [-0.39, 0.29) is 17.8 Å². The lowest BCUT2D eigenvalue weighted by molar-refractivity contribution is 0.0757. The number of carbonyl (C=O) groups excluding carboxylic acids is 1. The lowest BCUT2D eigenvalue weighted by Crippen LogP contribution is -2.26. The Morgan fingerprint density at radius 1 is 1.22 bits per heavy atom. The molecule has 0 unspecified atom stereocenters. The second kappa shape index (κ2) is 8.64.